The number of aromatic nitrogens is 2. The molecule has 51 heavy (non-hydrogen) atoms. The second kappa shape index (κ2) is 12.0. The second-order valence-corrected chi connectivity index (χ2v) is 11.9. The van der Waals surface area contributed by atoms with Crippen molar-refractivity contribution in [3.05, 3.63) is 194 Å². The summed E-state index contributed by atoms with van der Waals surface area (Å²) in [5.74, 6) is 0.567. The first-order chi connectivity index (χ1) is 32.4. The highest BCUT2D eigenvalue weighted by molar-refractivity contribution is 6.22. The third-order valence-corrected chi connectivity index (χ3v) is 8.98. The predicted molar refractivity (Wildman–Crippen MR) is 215 cm³/mol. The maximum absolute atomic E-state index is 10.0. The molecule has 10 aromatic rings. The summed E-state index contributed by atoms with van der Waals surface area (Å²) in [5.41, 5.74) is 0.933. The number of rotatable bonds is 5. The van der Waals surface area contributed by atoms with Crippen LogP contribution in [-0.4, -0.2) is 9.55 Å². The van der Waals surface area contributed by atoms with Gasteiger partial charge in [-0.05, 0) is 96.0 Å². The van der Waals surface area contributed by atoms with Gasteiger partial charge in [0.25, 0.3) is 0 Å². The first-order valence-electron chi connectivity index (χ1n) is 24.6. The number of para-hydroxylation sites is 2. The Hall–Kier alpha value is -6.77. The van der Waals surface area contributed by atoms with Gasteiger partial charge in [0.2, 0.25) is 0 Å². The van der Waals surface area contributed by atoms with E-state index in [1.165, 1.54) is 0 Å². The minimum Gasteiger partial charge on any atom is -0.292 e. The Morgan fingerprint density at radius 1 is 0.431 bits per heavy atom. The number of hydrogen-bond donors (Lipinski definition) is 0. The average molecular weight is 666 g/mol. The van der Waals surface area contributed by atoms with Gasteiger partial charge in [-0.15, -0.1) is 0 Å². The van der Waals surface area contributed by atoms with E-state index in [4.69, 9.17) is 21.4 Å². The van der Waals surface area contributed by atoms with Crippen LogP contribution in [0, 0.1) is 0 Å². The molecule has 1 aromatic heterocycles. The zero-order valence-corrected chi connectivity index (χ0v) is 26.6. The fourth-order valence-electron chi connectivity index (χ4n) is 6.70. The lowest BCUT2D eigenvalue weighted by atomic mass is 9.85. The Bertz CT molecular complexity index is 3820. The summed E-state index contributed by atoms with van der Waals surface area (Å²) < 4.78 is 155. The van der Waals surface area contributed by atoms with Gasteiger partial charge < -0.3 is 0 Å². The van der Waals surface area contributed by atoms with Gasteiger partial charge in [-0.3, -0.25) is 4.57 Å². The van der Waals surface area contributed by atoms with E-state index in [1.807, 2.05) is 65.2 Å². The van der Waals surface area contributed by atoms with E-state index in [9.17, 15) is 6.85 Å². The Kier molecular flexibility index (Phi) is 3.94. The van der Waals surface area contributed by atoms with Crippen molar-refractivity contribution in [2.75, 3.05) is 0 Å². The number of nitrogens with zero attached hydrogens (tertiary/aromatic N) is 2. The van der Waals surface area contributed by atoms with Crippen molar-refractivity contribution >= 4 is 43.4 Å². The van der Waals surface area contributed by atoms with E-state index in [1.54, 1.807) is 24.3 Å². The maximum atomic E-state index is 10.0. The first-order valence-corrected chi connectivity index (χ1v) is 16.1. The molecule has 0 unspecified atom stereocenters. The summed E-state index contributed by atoms with van der Waals surface area (Å²) in [4.78, 5) is 4.99. The standard InChI is InChI=1S/C49H32N2/c1-3-14-35(15-4-1)47-41-19-9-10-20-42(41)48(36-16-5-2-6-17-36)44-32-39(28-30-43(44)47)34-23-25-37(26-24-34)49-50-45-21-11-12-22-46(45)51(49)40-29-27-33-13-7-8-18-38(33)31-40/h1-32H/i1D,2D,3D,4D,5D,6D,9D,10D,14D,15D,16D,17D,19D,20D,28D,30D,32D. The van der Waals surface area contributed by atoms with Crippen LogP contribution in [0.15, 0.2) is 194 Å². The Balaban J connectivity index is 1.34. The van der Waals surface area contributed by atoms with Crippen LogP contribution in [-0.2, 0) is 0 Å². The largest absolute Gasteiger partial charge is 0.292 e. The van der Waals surface area contributed by atoms with E-state index >= 15 is 0 Å². The molecule has 0 aliphatic carbocycles. The number of imidazole rings is 1. The van der Waals surface area contributed by atoms with Crippen molar-refractivity contribution in [1.29, 1.82) is 0 Å². The molecule has 0 radical (unpaired) electrons. The van der Waals surface area contributed by atoms with Crippen molar-refractivity contribution in [2.24, 2.45) is 0 Å². The number of hydrogen-bond acceptors (Lipinski definition) is 1. The molecule has 1 heterocycles. The molecule has 0 amide bonds. The van der Waals surface area contributed by atoms with Gasteiger partial charge in [-0.25, -0.2) is 4.98 Å². The summed E-state index contributed by atoms with van der Waals surface area (Å²) >= 11 is 0. The van der Waals surface area contributed by atoms with Crippen LogP contribution in [0.3, 0.4) is 0 Å². The SMILES string of the molecule is [2H]c1c([2H])c([2H])c(-c2c3c([2H])c([2H])c([2H])c([2H])c3c(-c3c([2H])c([2H])c([2H])c([2H])c3[2H])c3c([2H])c(-c4ccc(-c5nc6ccccc6n5-c5ccc6ccccc6c5)cc4)c([2H])c([2H])c23)c([2H])c1[2H]. The van der Waals surface area contributed by atoms with Crippen LogP contribution in [0.4, 0.5) is 0 Å². The van der Waals surface area contributed by atoms with Crippen molar-refractivity contribution in [2.45, 2.75) is 0 Å². The maximum Gasteiger partial charge on any atom is 0.145 e. The highest BCUT2D eigenvalue weighted by Crippen LogP contribution is 2.45. The highest BCUT2D eigenvalue weighted by Gasteiger charge is 2.18. The van der Waals surface area contributed by atoms with E-state index in [0.717, 1.165) is 27.5 Å². The molecule has 0 aliphatic heterocycles. The molecular formula is C49H32N2. The fraction of sp³-hybridized carbons (Fsp3) is 0. The lowest BCUT2D eigenvalue weighted by Crippen LogP contribution is -1.97. The number of benzene rings is 9. The average Bonchev–Trinajstić information content (AvgIpc) is 3.74. The van der Waals surface area contributed by atoms with E-state index in [-0.39, 0.29) is 11.1 Å². The lowest BCUT2D eigenvalue weighted by molar-refractivity contribution is 1.11. The van der Waals surface area contributed by atoms with Crippen molar-refractivity contribution in [3.8, 4) is 50.5 Å². The first kappa shape index (κ1) is 16.8. The van der Waals surface area contributed by atoms with Crippen LogP contribution in [0.5, 0.6) is 0 Å². The molecule has 0 bridgehead atoms. The minimum absolute atomic E-state index is 0.183. The molecule has 2 heteroatoms. The van der Waals surface area contributed by atoms with Crippen LogP contribution >= 0.6 is 0 Å². The third kappa shape index (κ3) is 4.92. The zero-order valence-electron chi connectivity index (χ0n) is 43.6. The van der Waals surface area contributed by atoms with Crippen molar-refractivity contribution < 1.29 is 23.3 Å². The van der Waals surface area contributed by atoms with E-state index in [2.05, 4.69) is 6.07 Å². The topological polar surface area (TPSA) is 17.8 Å². The third-order valence-electron chi connectivity index (χ3n) is 8.98. The van der Waals surface area contributed by atoms with Gasteiger partial charge in [0, 0.05) is 11.3 Å². The summed E-state index contributed by atoms with van der Waals surface area (Å²) in [6, 6.07) is 15.3. The lowest BCUT2D eigenvalue weighted by Gasteiger charge is -2.18. The van der Waals surface area contributed by atoms with Gasteiger partial charge in [-0.1, -0.05) is 163 Å². The molecule has 0 atom stereocenters. The molecule has 9 aromatic carbocycles. The van der Waals surface area contributed by atoms with Crippen LogP contribution in [0.2, 0.25) is 0 Å². The molecule has 2 nitrogen and oxygen atoms in total. The fourth-order valence-corrected chi connectivity index (χ4v) is 6.70. The molecule has 0 aliphatic rings. The molecular weight excluding hydrogens is 617 g/mol. The smallest absolute Gasteiger partial charge is 0.145 e. The van der Waals surface area contributed by atoms with Gasteiger partial charge in [-0.2, -0.15) is 0 Å². The second-order valence-electron chi connectivity index (χ2n) is 11.9. The molecule has 238 valence electrons. The van der Waals surface area contributed by atoms with E-state index in [0.29, 0.717) is 11.4 Å². The molecule has 0 saturated heterocycles. The van der Waals surface area contributed by atoms with E-state index < -0.39 is 147 Å². The van der Waals surface area contributed by atoms with Gasteiger partial charge >= 0.3 is 0 Å². The predicted octanol–water partition coefficient (Wildman–Crippen LogP) is 13.2. The van der Waals surface area contributed by atoms with Crippen LogP contribution in [0.1, 0.15) is 23.3 Å². The van der Waals surface area contributed by atoms with Crippen LogP contribution in [0.25, 0.3) is 93.8 Å². The Labute approximate surface area is 320 Å². The minimum atomic E-state index is -0.822. The Morgan fingerprint density at radius 2 is 1.02 bits per heavy atom. The summed E-state index contributed by atoms with van der Waals surface area (Å²) in [5, 5.41) is 0.171. The van der Waals surface area contributed by atoms with Gasteiger partial charge in [0.1, 0.15) is 5.82 Å². The molecule has 0 fully saturated rings. The van der Waals surface area contributed by atoms with Gasteiger partial charge in [0.05, 0.1) is 34.3 Å². The zero-order chi connectivity index (χ0) is 48.5. The molecule has 0 saturated carbocycles. The summed E-state index contributed by atoms with van der Waals surface area (Å²) in [6.45, 7) is 0. The number of fused-ring (bicyclic) bond motifs is 4. The normalized spacial score (nSPS) is 16.2. The Morgan fingerprint density at radius 3 is 1.75 bits per heavy atom. The molecule has 0 spiro atoms. The summed E-state index contributed by atoms with van der Waals surface area (Å²) in [6.07, 6.45) is 0. The molecule has 10 rings (SSSR count). The monoisotopic (exact) mass is 665 g/mol. The summed E-state index contributed by atoms with van der Waals surface area (Å²) in [7, 11) is 0. The highest BCUT2D eigenvalue weighted by atomic mass is 15.1. The van der Waals surface area contributed by atoms with Crippen molar-refractivity contribution in [3.63, 3.8) is 0 Å². The van der Waals surface area contributed by atoms with Crippen molar-refractivity contribution in [1.82, 2.24) is 9.55 Å². The molecule has 0 N–H and O–H groups in total. The quantitative estimate of drug-likeness (QED) is 0.167. The van der Waals surface area contributed by atoms with Crippen LogP contribution < -0.4 is 0 Å². The van der Waals surface area contributed by atoms with Gasteiger partial charge in [0.15, 0.2) is 0 Å².